The van der Waals surface area contributed by atoms with E-state index < -0.39 is 0 Å². The number of aromatic nitrogens is 2. The lowest BCUT2D eigenvalue weighted by molar-refractivity contribution is 0.0956. The lowest BCUT2D eigenvalue weighted by Crippen LogP contribution is -2.34. The molecule has 4 rings (SSSR count). The van der Waals surface area contributed by atoms with Gasteiger partial charge in [0.1, 0.15) is 5.82 Å². The minimum atomic E-state index is 0.0264. The second-order valence-electron chi connectivity index (χ2n) is 6.67. The average molecular weight is 312 g/mol. The summed E-state index contributed by atoms with van der Waals surface area (Å²) in [6, 6.07) is 5.88. The lowest BCUT2D eigenvalue weighted by Gasteiger charge is -2.31. The maximum Gasteiger partial charge on any atom is 0.253 e. The molecule has 1 fully saturated rings. The first-order valence-corrected chi connectivity index (χ1v) is 8.77. The highest BCUT2D eigenvalue weighted by atomic mass is 16.1. The number of benzene rings is 1. The lowest BCUT2D eigenvalue weighted by atomic mass is 9.95. The summed E-state index contributed by atoms with van der Waals surface area (Å²) >= 11 is 0. The quantitative estimate of drug-likeness (QED) is 0.946. The molecule has 0 radical (unpaired) electrons. The third kappa shape index (κ3) is 2.53. The van der Waals surface area contributed by atoms with Crippen molar-refractivity contribution >= 4 is 16.9 Å². The first-order valence-electron chi connectivity index (χ1n) is 8.77. The van der Waals surface area contributed by atoms with Crippen LogP contribution in [0.3, 0.4) is 0 Å². The summed E-state index contributed by atoms with van der Waals surface area (Å²) in [4.78, 5) is 19.7. The molecule has 2 aliphatic heterocycles. The summed E-state index contributed by atoms with van der Waals surface area (Å²) < 4.78 is 2.29. The highest BCUT2D eigenvalue weighted by Gasteiger charge is 2.27. The van der Waals surface area contributed by atoms with E-state index in [-0.39, 0.29) is 5.91 Å². The fraction of sp³-hybridized carbons (Fsp3) is 0.556. The predicted octanol–water partition coefficient (Wildman–Crippen LogP) is 2.37. The Labute approximate surface area is 136 Å². The number of imidazole rings is 1. The molecule has 3 heterocycles. The molecule has 1 saturated heterocycles. The van der Waals surface area contributed by atoms with E-state index in [4.69, 9.17) is 4.98 Å². The van der Waals surface area contributed by atoms with E-state index in [1.807, 2.05) is 18.2 Å². The van der Waals surface area contributed by atoms with E-state index in [0.717, 1.165) is 36.2 Å². The van der Waals surface area contributed by atoms with Crippen LogP contribution in [-0.2, 0) is 6.54 Å². The van der Waals surface area contributed by atoms with E-state index in [2.05, 4.69) is 21.7 Å². The van der Waals surface area contributed by atoms with Crippen molar-refractivity contribution in [2.45, 2.75) is 38.6 Å². The van der Waals surface area contributed by atoms with Crippen LogP contribution in [0.25, 0.3) is 11.0 Å². The zero-order chi connectivity index (χ0) is 15.8. The Morgan fingerprint density at radius 2 is 2.09 bits per heavy atom. The van der Waals surface area contributed by atoms with Gasteiger partial charge in [-0.3, -0.25) is 4.79 Å². The van der Waals surface area contributed by atoms with Crippen LogP contribution >= 0.6 is 0 Å². The molecule has 1 amide bonds. The predicted molar refractivity (Wildman–Crippen MR) is 90.8 cm³/mol. The monoisotopic (exact) mass is 312 g/mol. The van der Waals surface area contributed by atoms with Gasteiger partial charge in [0, 0.05) is 19.0 Å². The number of piperidine rings is 1. The van der Waals surface area contributed by atoms with Gasteiger partial charge >= 0.3 is 0 Å². The van der Waals surface area contributed by atoms with Crippen molar-refractivity contribution in [3.05, 3.63) is 29.6 Å². The molecule has 0 spiro atoms. The van der Waals surface area contributed by atoms with Crippen LogP contribution in [0.1, 0.15) is 48.3 Å². The molecule has 0 saturated carbocycles. The van der Waals surface area contributed by atoms with Gasteiger partial charge in [-0.1, -0.05) is 13.0 Å². The molecule has 5 heteroatoms. The third-order valence-corrected chi connectivity index (χ3v) is 5.15. The van der Waals surface area contributed by atoms with E-state index in [9.17, 15) is 4.79 Å². The molecule has 1 N–H and O–H groups in total. The Morgan fingerprint density at radius 1 is 1.26 bits per heavy atom. The fourth-order valence-electron chi connectivity index (χ4n) is 4.03. The molecule has 0 aliphatic carbocycles. The molecule has 0 bridgehead atoms. The van der Waals surface area contributed by atoms with Crippen LogP contribution in [0.15, 0.2) is 18.2 Å². The number of nitrogens with one attached hydrogen (secondary N) is 1. The minimum absolute atomic E-state index is 0.0264. The van der Waals surface area contributed by atoms with Crippen molar-refractivity contribution in [1.29, 1.82) is 0 Å². The summed E-state index contributed by atoms with van der Waals surface area (Å²) in [5.41, 5.74) is 2.75. The summed E-state index contributed by atoms with van der Waals surface area (Å²) in [7, 11) is 0. The first-order chi connectivity index (χ1) is 11.3. The van der Waals surface area contributed by atoms with Gasteiger partial charge in [0.25, 0.3) is 5.91 Å². The van der Waals surface area contributed by atoms with Crippen molar-refractivity contribution in [2.24, 2.45) is 0 Å². The SMILES string of the molecule is CCCN1CCC(c2nc3cccc4c3n2CCNC4=O)CC1. The maximum atomic E-state index is 12.2. The van der Waals surface area contributed by atoms with E-state index in [0.29, 0.717) is 12.5 Å². The molecule has 1 aromatic heterocycles. The summed E-state index contributed by atoms with van der Waals surface area (Å²) in [6.45, 7) is 7.26. The van der Waals surface area contributed by atoms with Crippen LogP contribution < -0.4 is 5.32 Å². The van der Waals surface area contributed by atoms with E-state index >= 15 is 0 Å². The molecule has 5 nitrogen and oxygen atoms in total. The first kappa shape index (κ1) is 14.7. The second-order valence-corrected chi connectivity index (χ2v) is 6.67. The molecule has 0 atom stereocenters. The van der Waals surface area contributed by atoms with Crippen LogP contribution in [-0.4, -0.2) is 46.5 Å². The molecule has 2 aromatic rings. The standard InChI is InChI=1S/C18H24N4O/c1-2-9-21-10-6-13(7-11-21)17-20-15-5-3-4-14-16(15)22(17)12-8-19-18(14)23/h3-5,13H,2,6-12H2,1H3,(H,19,23). The summed E-state index contributed by atoms with van der Waals surface area (Å²) in [5, 5.41) is 3.00. The van der Waals surface area contributed by atoms with Gasteiger partial charge in [0.15, 0.2) is 0 Å². The van der Waals surface area contributed by atoms with Crippen LogP contribution in [0, 0.1) is 0 Å². The molecule has 2 aliphatic rings. The van der Waals surface area contributed by atoms with Crippen LogP contribution in [0.4, 0.5) is 0 Å². The van der Waals surface area contributed by atoms with Gasteiger partial charge in [0.05, 0.1) is 16.6 Å². The Morgan fingerprint density at radius 3 is 2.87 bits per heavy atom. The molecule has 23 heavy (non-hydrogen) atoms. The number of likely N-dealkylation sites (tertiary alicyclic amines) is 1. The zero-order valence-corrected chi connectivity index (χ0v) is 13.7. The number of amides is 1. The van der Waals surface area contributed by atoms with E-state index in [1.54, 1.807) is 0 Å². The second kappa shape index (κ2) is 5.96. The maximum absolute atomic E-state index is 12.2. The van der Waals surface area contributed by atoms with Crippen molar-refractivity contribution in [2.75, 3.05) is 26.2 Å². The highest BCUT2D eigenvalue weighted by Crippen LogP contribution is 2.32. The molecule has 122 valence electrons. The highest BCUT2D eigenvalue weighted by molar-refractivity contribution is 6.05. The van der Waals surface area contributed by atoms with Gasteiger partial charge in [0.2, 0.25) is 0 Å². The topological polar surface area (TPSA) is 50.2 Å². The molecular weight excluding hydrogens is 288 g/mol. The smallest absolute Gasteiger partial charge is 0.253 e. The molecule has 1 aromatic carbocycles. The van der Waals surface area contributed by atoms with Gasteiger partial charge in [-0.15, -0.1) is 0 Å². The van der Waals surface area contributed by atoms with Crippen molar-refractivity contribution < 1.29 is 4.79 Å². The number of hydrogen-bond acceptors (Lipinski definition) is 3. The number of carbonyl (C=O) groups excluding carboxylic acids is 1. The number of hydrogen-bond donors (Lipinski definition) is 1. The van der Waals surface area contributed by atoms with Crippen molar-refractivity contribution in [3.8, 4) is 0 Å². The number of carbonyl (C=O) groups is 1. The Bertz CT molecular complexity index is 728. The van der Waals surface area contributed by atoms with Crippen LogP contribution in [0.5, 0.6) is 0 Å². The molecular formula is C18H24N4O. The fourth-order valence-corrected chi connectivity index (χ4v) is 4.03. The minimum Gasteiger partial charge on any atom is -0.350 e. The number of nitrogens with zero attached hydrogens (tertiary/aromatic N) is 3. The van der Waals surface area contributed by atoms with Gasteiger partial charge < -0.3 is 14.8 Å². The Kier molecular flexibility index (Phi) is 3.81. The Balaban J connectivity index is 1.70. The summed E-state index contributed by atoms with van der Waals surface area (Å²) in [5.74, 6) is 1.72. The normalized spacial score (nSPS) is 19.8. The van der Waals surface area contributed by atoms with Gasteiger partial charge in [-0.05, 0) is 51.0 Å². The molecule has 0 unspecified atom stereocenters. The largest absolute Gasteiger partial charge is 0.350 e. The van der Waals surface area contributed by atoms with Gasteiger partial charge in [-0.25, -0.2) is 4.98 Å². The number of rotatable bonds is 3. The Hall–Kier alpha value is -1.88. The summed E-state index contributed by atoms with van der Waals surface area (Å²) in [6.07, 6.45) is 3.56. The zero-order valence-electron chi connectivity index (χ0n) is 13.7. The van der Waals surface area contributed by atoms with Crippen molar-refractivity contribution in [1.82, 2.24) is 19.8 Å². The number of para-hydroxylation sites is 1. The van der Waals surface area contributed by atoms with Crippen molar-refractivity contribution in [3.63, 3.8) is 0 Å². The average Bonchev–Trinajstić information content (AvgIpc) is 2.85. The third-order valence-electron chi connectivity index (χ3n) is 5.15. The van der Waals surface area contributed by atoms with E-state index in [1.165, 1.54) is 31.6 Å². The van der Waals surface area contributed by atoms with Gasteiger partial charge in [-0.2, -0.15) is 0 Å². The van der Waals surface area contributed by atoms with Crippen LogP contribution in [0.2, 0.25) is 0 Å².